The highest BCUT2D eigenvalue weighted by Crippen LogP contribution is 2.24. The number of hydrogen-bond acceptors (Lipinski definition) is 2. The molecule has 0 aliphatic carbocycles. The Kier molecular flexibility index (Phi) is 7.11. The van der Waals surface area contributed by atoms with Crippen molar-refractivity contribution in [3.05, 3.63) is 48.1 Å². The minimum absolute atomic E-state index is 0.0921. The standard InChI is InChI=1S/C16H18F4O2/c1-2-13(21)6-4-3-5-12-7-9-14(10-8-12)22-11-16(19,20)15(17)18/h3-10,13,15,21H,2,11H2,1H3/b5-3+,6-4+. The molecule has 0 aliphatic heterocycles. The zero-order chi connectivity index (χ0) is 16.6. The molecule has 1 atom stereocenters. The molecule has 1 aromatic carbocycles. The van der Waals surface area contributed by atoms with Crippen LogP contribution in [0, 0.1) is 0 Å². The van der Waals surface area contributed by atoms with Crippen LogP contribution in [0.1, 0.15) is 18.9 Å². The predicted octanol–water partition coefficient (Wildman–Crippen LogP) is 4.31. The van der Waals surface area contributed by atoms with Gasteiger partial charge in [-0.25, -0.2) is 8.78 Å². The molecular formula is C16H18F4O2. The molecule has 122 valence electrons. The topological polar surface area (TPSA) is 29.5 Å². The van der Waals surface area contributed by atoms with Crippen molar-refractivity contribution in [2.45, 2.75) is 31.8 Å². The molecule has 0 saturated heterocycles. The third-order valence-electron chi connectivity index (χ3n) is 2.78. The summed E-state index contributed by atoms with van der Waals surface area (Å²) in [6.45, 7) is 0.493. The summed E-state index contributed by atoms with van der Waals surface area (Å²) in [4.78, 5) is 0. The molecule has 1 unspecified atom stereocenters. The zero-order valence-corrected chi connectivity index (χ0v) is 12.1. The SMILES string of the molecule is CCC(O)/C=C/C=C/c1ccc(OCC(F)(F)C(F)F)cc1. The van der Waals surface area contributed by atoms with Crippen molar-refractivity contribution < 1.29 is 27.4 Å². The molecule has 2 nitrogen and oxygen atoms in total. The van der Waals surface area contributed by atoms with Crippen LogP contribution in [0.4, 0.5) is 17.6 Å². The molecule has 0 spiro atoms. The molecule has 1 rings (SSSR count). The normalized spacial score (nSPS) is 14.1. The summed E-state index contributed by atoms with van der Waals surface area (Å²) in [5, 5.41) is 9.30. The van der Waals surface area contributed by atoms with Gasteiger partial charge in [-0.1, -0.05) is 43.4 Å². The van der Waals surface area contributed by atoms with E-state index >= 15 is 0 Å². The Balaban J connectivity index is 2.53. The summed E-state index contributed by atoms with van der Waals surface area (Å²) >= 11 is 0. The van der Waals surface area contributed by atoms with Crippen LogP contribution in [0.2, 0.25) is 0 Å². The van der Waals surface area contributed by atoms with Crippen LogP contribution < -0.4 is 4.74 Å². The fraction of sp³-hybridized carbons (Fsp3) is 0.375. The number of ether oxygens (including phenoxy) is 1. The second kappa shape index (κ2) is 8.58. The van der Waals surface area contributed by atoms with Crippen molar-refractivity contribution >= 4 is 6.08 Å². The van der Waals surface area contributed by atoms with Gasteiger partial charge >= 0.3 is 12.3 Å². The van der Waals surface area contributed by atoms with Crippen LogP contribution in [0.25, 0.3) is 6.08 Å². The van der Waals surface area contributed by atoms with Crippen LogP contribution in [0.3, 0.4) is 0 Å². The molecule has 0 aliphatic rings. The Morgan fingerprint density at radius 2 is 1.82 bits per heavy atom. The fourth-order valence-corrected chi connectivity index (χ4v) is 1.41. The third kappa shape index (κ3) is 6.30. The summed E-state index contributed by atoms with van der Waals surface area (Å²) in [5.74, 6) is -4.07. The highest BCUT2D eigenvalue weighted by Gasteiger charge is 2.41. The van der Waals surface area contributed by atoms with E-state index in [4.69, 9.17) is 0 Å². The van der Waals surface area contributed by atoms with Crippen LogP contribution in [-0.4, -0.2) is 30.2 Å². The maximum Gasteiger partial charge on any atom is 0.340 e. The molecule has 0 bridgehead atoms. The number of rotatable bonds is 8. The van der Waals surface area contributed by atoms with E-state index in [1.807, 2.05) is 6.92 Å². The maximum absolute atomic E-state index is 12.7. The lowest BCUT2D eigenvalue weighted by atomic mass is 10.2. The number of hydrogen-bond donors (Lipinski definition) is 1. The van der Waals surface area contributed by atoms with Crippen LogP contribution in [0.5, 0.6) is 5.75 Å². The smallest absolute Gasteiger partial charge is 0.340 e. The van der Waals surface area contributed by atoms with Gasteiger partial charge in [0.2, 0.25) is 0 Å². The monoisotopic (exact) mass is 318 g/mol. The molecule has 22 heavy (non-hydrogen) atoms. The quantitative estimate of drug-likeness (QED) is 0.572. The number of benzene rings is 1. The Morgan fingerprint density at radius 3 is 2.36 bits per heavy atom. The molecule has 0 heterocycles. The van der Waals surface area contributed by atoms with E-state index in [0.717, 1.165) is 5.56 Å². The first-order valence-corrected chi connectivity index (χ1v) is 6.77. The minimum Gasteiger partial charge on any atom is -0.487 e. The lowest BCUT2D eigenvalue weighted by Crippen LogP contribution is -2.33. The average Bonchev–Trinajstić information content (AvgIpc) is 2.50. The number of halogens is 4. The molecule has 6 heteroatoms. The van der Waals surface area contributed by atoms with Gasteiger partial charge in [0.1, 0.15) is 5.75 Å². The number of aliphatic hydroxyl groups excluding tert-OH is 1. The summed E-state index contributed by atoms with van der Waals surface area (Å²) in [6, 6.07) is 6.06. The Labute approximate surface area is 126 Å². The maximum atomic E-state index is 12.7. The van der Waals surface area contributed by atoms with E-state index in [9.17, 15) is 22.7 Å². The van der Waals surface area contributed by atoms with E-state index in [0.29, 0.717) is 6.42 Å². The van der Waals surface area contributed by atoms with E-state index < -0.39 is 25.1 Å². The molecule has 1 aromatic rings. The van der Waals surface area contributed by atoms with Gasteiger partial charge in [0, 0.05) is 0 Å². The molecule has 0 aromatic heterocycles. The second-order valence-corrected chi connectivity index (χ2v) is 4.64. The van der Waals surface area contributed by atoms with E-state index in [-0.39, 0.29) is 5.75 Å². The molecular weight excluding hydrogens is 300 g/mol. The van der Waals surface area contributed by atoms with Gasteiger partial charge < -0.3 is 9.84 Å². The van der Waals surface area contributed by atoms with E-state index in [1.54, 1.807) is 36.4 Å². The summed E-state index contributed by atoms with van der Waals surface area (Å²) < 4.78 is 54.0. The summed E-state index contributed by atoms with van der Waals surface area (Å²) in [7, 11) is 0. The van der Waals surface area contributed by atoms with Crippen LogP contribution in [-0.2, 0) is 0 Å². The van der Waals surface area contributed by atoms with Crippen molar-refractivity contribution in [2.75, 3.05) is 6.61 Å². The van der Waals surface area contributed by atoms with Gasteiger partial charge in [-0.2, -0.15) is 8.78 Å². The van der Waals surface area contributed by atoms with Gasteiger partial charge in [0.15, 0.2) is 6.61 Å². The van der Waals surface area contributed by atoms with Gasteiger partial charge in [-0.15, -0.1) is 0 Å². The Bertz CT molecular complexity index is 495. The number of alkyl halides is 4. The number of aliphatic hydroxyl groups is 1. The highest BCUT2D eigenvalue weighted by molar-refractivity contribution is 5.52. The Morgan fingerprint density at radius 1 is 1.18 bits per heavy atom. The van der Waals surface area contributed by atoms with Gasteiger partial charge in [0.05, 0.1) is 6.10 Å². The lowest BCUT2D eigenvalue weighted by molar-refractivity contribution is -0.148. The molecule has 0 fully saturated rings. The largest absolute Gasteiger partial charge is 0.487 e. The van der Waals surface area contributed by atoms with Crippen molar-refractivity contribution in [3.63, 3.8) is 0 Å². The van der Waals surface area contributed by atoms with Crippen LogP contribution >= 0.6 is 0 Å². The first-order valence-electron chi connectivity index (χ1n) is 6.77. The van der Waals surface area contributed by atoms with Crippen molar-refractivity contribution in [2.24, 2.45) is 0 Å². The molecule has 1 N–H and O–H groups in total. The fourth-order valence-electron chi connectivity index (χ4n) is 1.41. The number of allylic oxidation sites excluding steroid dienone is 2. The molecule has 0 amide bonds. The lowest BCUT2D eigenvalue weighted by Gasteiger charge is -2.15. The van der Waals surface area contributed by atoms with Crippen LogP contribution in [0.15, 0.2) is 42.5 Å². The summed E-state index contributed by atoms with van der Waals surface area (Å²) in [5.41, 5.74) is 0.781. The first kappa shape index (κ1) is 18.2. The molecule has 0 saturated carbocycles. The second-order valence-electron chi connectivity index (χ2n) is 4.64. The summed E-state index contributed by atoms with van der Waals surface area (Å²) in [6.07, 6.45) is 3.19. The zero-order valence-electron chi connectivity index (χ0n) is 12.1. The predicted molar refractivity (Wildman–Crippen MR) is 77.4 cm³/mol. The first-order chi connectivity index (χ1) is 10.3. The Hall–Kier alpha value is -1.82. The van der Waals surface area contributed by atoms with Gasteiger partial charge in [-0.3, -0.25) is 0 Å². The van der Waals surface area contributed by atoms with E-state index in [2.05, 4.69) is 4.74 Å². The minimum atomic E-state index is -4.16. The van der Waals surface area contributed by atoms with Gasteiger partial charge in [0.25, 0.3) is 0 Å². The van der Waals surface area contributed by atoms with Crippen molar-refractivity contribution in [1.29, 1.82) is 0 Å². The van der Waals surface area contributed by atoms with Gasteiger partial charge in [-0.05, 0) is 24.1 Å². The highest BCUT2D eigenvalue weighted by atomic mass is 19.3. The van der Waals surface area contributed by atoms with E-state index in [1.165, 1.54) is 12.1 Å². The third-order valence-corrected chi connectivity index (χ3v) is 2.78. The molecule has 0 radical (unpaired) electrons. The average molecular weight is 318 g/mol. The van der Waals surface area contributed by atoms with Crippen molar-refractivity contribution in [3.8, 4) is 5.75 Å². The van der Waals surface area contributed by atoms with Crippen molar-refractivity contribution in [1.82, 2.24) is 0 Å².